The number of carbonyl (C=O) groups is 2. The van der Waals surface area contributed by atoms with Crippen LogP contribution < -0.4 is 10.6 Å². The quantitative estimate of drug-likeness (QED) is 0.662. The number of amides is 2. The van der Waals surface area contributed by atoms with Gasteiger partial charge in [0.2, 0.25) is 5.91 Å². The van der Waals surface area contributed by atoms with Crippen molar-refractivity contribution in [2.24, 2.45) is 7.05 Å². The monoisotopic (exact) mass is 362 g/mol. The van der Waals surface area contributed by atoms with Crippen molar-refractivity contribution in [1.82, 2.24) is 20.2 Å². The maximum atomic E-state index is 12.3. The summed E-state index contributed by atoms with van der Waals surface area (Å²) in [6, 6.07) is 15.2. The molecule has 1 aromatic heterocycles. The van der Waals surface area contributed by atoms with E-state index in [4.69, 9.17) is 0 Å². The Kier molecular flexibility index (Phi) is 4.62. The normalized spacial score (nSPS) is 15.6. The lowest BCUT2D eigenvalue weighted by Gasteiger charge is -2.12. The first-order valence-corrected chi connectivity index (χ1v) is 9.20. The lowest BCUT2D eigenvalue weighted by Crippen LogP contribution is -2.29. The molecule has 6 nitrogen and oxygen atoms in total. The summed E-state index contributed by atoms with van der Waals surface area (Å²) in [7, 11) is 2.02. The summed E-state index contributed by atoms with van der Waals surface area (Å²) in [5, 5.41) is 5.83. The van der Waals surface area contributed by atoms with E-state index in [1.54, 1.807) is 6.07 Å². The van der Waals surface area contributed by atoms with Crippen molar-refractivity contribution < 1.29 is 9.59 Å². The molecule has 0 saturated heterocycles. The van der Waals surface area contributed by atoms with Gasteiger partial charge in [0.25, 0.3) is 5.91 Å². The predicted octanol–water partition coefficient (Wildman–Crippen LogP) is 2.50. The van der Waals surface area contributed by atoms with Gasteiger partial charge < -0.3 is 15.2 Å². The number of benzene rings is 2. The lowest BCUT2D eigenvalue weighted by molar-refractivity contribution is -0.121. The highest BCUT2D eigenvalue weighted by molar-refractivity contribution is 5.99. The van der Waals surface area contributed by atoms with Gasteiger partial charge in [-0.3, -0.25) is 9.59 Å². The Balaban J connectivity index is 1.28. The average Bonchev–Trinajstić information content (AvgIpc) is 3.17. The van der Waals surface area contributed by atoms with Gasteiger partial charge in [-0.2, -0.15) is 0 Å². The molecule has 0 fully saturated rings. The van der Waals surface area contributed by atoms with Crippen LogP contribution in [0.5, 0.6) is 0 Å². The Bertz CT molecular complexity index is 1010. The fourth-order valence-electron chi connectivity index (χ4n) is 3.63. The molecule has 4 rings (SSSR count). The van der Waals surface area contributed by atoms with Gasteiger partial charge >= 0.3 is 0 Å². The minimum Gasteiger partial charge on any atom is -0.356 e. The Labute approximate surface area is 157 Å². The minimum absolute atomic E-state index is 0.0537. The molecule has 0 spiro atoms. The van der Waals surface area contributed by atoms with Crippen LogP contribution in [-0.4, -0.2) is 27.9 Å². The molecule has 0 saturated carbocycles. The highest BCUT2D eigenvalue weighted by Crippen LogP contribution is 2.27. The van der Waals surface area contributed by atoms with E-state index in [-0.39, 0.29) is 24.3 Å². The zero-order valence-electron chi connectivity index (χ0n) is 15.2. The van der Waals surface area contributed by atoms with Crippen LogP contribution in [0.15, 0.2) is 48.5 Å². The molecule has 0 radical (unpaired) electrons. The fraction of sp³-hybridized carbons (Fsp3) is 0.286. The summed E-state index contributed by atoms with van der Waals surface area (Å²) < 4.78 is 2.10. The summed E-state index contributed by atoms with van der Waals surface area (Å²) in [6.45, 7) is 0.588. The van der Waals surface area contributed by atoms with E-state index in [0.29, 0.717) is 12.1 Å². The summed E-state index contributed by atoms with van der Waals surface area (Å²) in [6.07, 6.45) is 1.88. The van der Waals surface area contributed by atoms with E-state index >= 15 is 0 Å². The number of rotatable bonds is 6. The number of hydrogen-bond donors (Lipinski definition) is 2. The molecule has 27 heavy (non-hydrogen) atoms. The second-order valence-corrected chi connectivity index (χ2v) is 6.85. The molecule has 1 atom stereocenters. The van der Waals surface area contributed by atoms with Gasteiger partial charge in [0.15, 0.2) is 0 Å². The summed E-state index contributed by atoms with van der Waals surface area (Å²) >= 11 is 0. The van der Waals surface area contributed by atoms with E-state index in [1.165, 1.54) is 0 Å². The van der Waals surface area contributed by atoms with Crippen LogP contribution in [0.1, 0.15) is 40.6 Å². The number of para-hydroxylation sites is 2. The van der Waals surface area contributed by atoms with Crippen LogP contribution in [-0.2, 0) is 18.3 Å². The number of imidazole rings is 1. The van der Waals surface area contributed by atoms with Crippen molar-refractivity contribution in [2.45, 2.75) is 25.3 Å². The first-order valence-electron chi connectivity index (χ1n) is 9.20. The molecule has 1 unspecified atom stereocenters. The van der Waals surface area contributed by atoms with E-state index < -0.39 is 0 Å². The number of carbonyl (C=O) groups excluding carboxylic acids is 2. The van der Waals surface area contributed by atoms with Gasteiger partial charge in [0.1, 0.15) is 5.82 Å². The van der Waals surface area contributed by atoms with E-state index in [0.717, 1.165) is 35.3 Å². The summed E-state index contributed by atoms with van der Waals surface area (Å²) in [5.41, 5.74) is 3.68. The van der Waals surface area contributed by atoms with Gasteiger partial charge in [-0.25, -0.2) is 4.98 Å². The van der Waals surface area contributed by atoms with Crippen LogP contribution in [0.25, 0.3) is 11.0 Å². The van der Waals surface area contributed by atoms with E-state index in [1.807, 2.05) is 43.4 Å². The predicted molar refractivity (Wildman–Crippen MR) is 103 cm³/mol. The van der Waals surface area contributed by atoms with Crippen LogP contribution >= 0.6 is 0 Å². The van der Waals surface area contributed by atoms with Gasteiger partial charge in [-0.05, 0) is 30.2 Å². The van der Waals surface area contributed by atoms with E-state index in [9.17, 15) is 9.59 Å². The van der Waals surface area contributed by atoms with Crippen molar-refractivity contribution >= 4 is 22.8 Å². The Morgan fingerprint density at radius 1 is 1.19 bits per heavy atom. The molecule has 2 aromatic carbocycles. The number of aryl methyl sites for hydroxylation is 2. The number of nitrogens with one attached hydrogen (secondary N) is 2. The maximum absolute atomic E-state index is 12.3. The Hall–Kier alpha value is -3.15. The molecule has 0 bridgehead atoms. The molecule has 3 aromatic rings. The average molecular weight is 362 g/mol. The second-order valence-electron chi connectivity index (χ2n) is 6.85. The molecule has 138 valence electrons. The van der Waals surface area contributed by atoms with Crippen molar-refractivity contribution in [2.75, 3.05) is 6.54 Å². The number of aromatic nitrogens is 2. The van der Waals surface area contributed by atoms with Crippen molar-refractivity contribution in [3.63, 3.8) is 0 Å². The van der Waals surface area contributed by atoms with Crippen LogP contribution in [0.3, 0.4) is 0 Å². The first-order chi connectivity index (χ1) is 13.1. The topological polar surface area (TPSA) is 76.0 Å². The summed E-state index contributed by atoms with van der Waals surface area (Å²) in [4.78, 5) is 28.8. The van der Waals surface area contributed by atoms with Crippen LogP contribution in [0.2, 0.25) is 0 Å². The largest absolute Gasteiger partial charge is 0.356 e. The molecule has 6 heteroatoms. The molecular weight excluding hydrogens is 340 g/mol. The van der Waals surface area contributed by atoms with Gasteiger partial charge in [-0.1, -0.05) is 30.3 Å². The minimum atomic E-state index is -0.242. The third kappa shape index (κ3) is 3.43. The van der Waals surface area contributed by atoms with Crippen LogP contribution in [0.4, 0.5) is 0 Å². The number of hydrogen-bond acceptors (Lipinski definition) is 3. The molecule has 2 amide bonds. The van der Waals surface area contributed by atoms with Crippen LogP contribution in [0, 0.1) is 0 Å². The zero-order valence-corrected chi connectivity index (χ0v) is 15.2. The Morgan fingerprint density at radius 2 is 1.96 bits per heavy atom. The second kappa shape index (κ2) is 7.23. The molecule has 1 aliphatic heterocycles. The first kappa shape index (κ1) is 17.3. The Morgan fingerprint density at radius 3 is 2.81 bits per heavy atom. The molecule has 1 aliphatic rings. The number of nitrogens with zero attached hydrogens (tertiary/aromatic N) is 2. The lowest BCUT2D eigenvalue weighted by atomic mass is 10.0. The molecule has 2 heterocycles. The standard InChI is InChI=1S/C21H22N4O2/c1-25-18-10-5-4-9-16(18)23-19(25)11-6-12-22-20(26)13-17-14-7-2-3-8-15(14)21(27)24-17/h2-5,7-10,17H,6,11-13H2,1H3,(H,22,26)(H,24,27). The molecule has 0 aliphatic carbocycles. The van der Waals surface area contributed by atoms with E-state index in [2.05, 4.69) is 26.3 Å². The third-order valence-electron chi connectivity index (χ3n) is 5.05. The number of fused-ring (bicyclic) bond motifs is 2. The third-order valence-corrected chi connectivity index (χ3v) is 5.05. The highest BCUT2D eigenvalue weighted by Gasteiger charge is 2.29. The van der Waals surface area contributed by atoms with Crippen molar-refractivity contribution in [1.29, 1.82) is 0 Å². The SMILES string of the molecule is Cn1c(CCCNC(=O)CC2NC(=O)c3ccccc32)nc2ccccc21. The highest BCUT2D eigenvalue weighted by atomic mass is 16.2. The molecular formula is C21H22N4O2. The van der Waals surface area contributed by atoms with Gasteiger partial charge in [-0.15, -0.1) is 0 Å². The smallest absolute Gasteiger partial charge is 0.252 e. The van der Waals surface area contributed by atoms with Crippen molar-refractivity contribution in [3.05, 3.63) is 65.5 Å². The fourth-order valence-corrected chi connectivity index (χ4v) is 3.63. The molecule has 2 N–H and O–H groups in total. The van der Waals surface area contributed by atoms with Gasteiger partial charge in [0.05, 0.1) is 23.5 Å². The van der Waals surface area contributed by atoms with Crippen molar-refractivity contribution in [3.8, 4) is 0 Å². The van der Waals surface area contributed by atoms with Gasteiger partial charge in [0, 0.05) is 25.6 Å². The maximum Gasteiger partial charge on any atom is 0.252 e. The summed E-state index contributed by atoms with van der Waals surface area (Å²) in [5.74, 6) is 0.856. The zero-order chi connectivity index (χ0) is 18.8.